The van der Waals surface area contributed by atoms with Crippen molar-refractivity contribution in [2.75, 3.05) is 0 Å². The summed E-state index contributed by atoms with van der Waals surface area (Å²) in [6.45, 7) is 0. The van der Waals surface area contributed by atoms with Crippen molar-refractivity contribution < 1.29 is 27.9 Å². The maximum Gasteiger partial charge on any atom is 0 e. The Morgan fingerprint density at radius 2 is 1.00 bits per heavy atom. The fourth-order valence-electron chi connectivity index (χ4n) is 0. The molecule has 0 aromatic carbocycles. The van der Waals surface area contributed by atoms with Gasteiger partial charge >= 0.3 is 0 Å². The largest absolute Gasteiger partial charge is 0.412 e. The van der Waals surface area contributed by atoms with Gasteiger partial charge in [-0.05, 0) is 0 Å². The Balaban J connectivity index is 0. The molecular weight excluding hydrogens is 271 g/mol. The summed E-state index contributed by atoms with van der Waals surface area (Å²) in [6, 6.07) is 0. The molecule has 0 saturated heterocycles. The Hall–Kier alpha value is 1.92. The van der Waals surface area contributed by atoms with Gasteiger partial charge in [0.25, 0.3) is 0 Å². The average molecular weight is 275 g/mol. The van der Waals surface area contributed by atoms with Crippen LogP contribution < -0.4 is 0 Å². The van der Waals surface area contributed by atoms with Gasteiger partial charge in [0, 0.05) is 48.2 Å². The first-order valence-corrected chi connectivity index (χ1v) is 0. The van der Waals surface area contributed by atoms with E-state index in [1.165, 1.54) is 0 Å². The fourth-order valence-corrected chi connectivity index (χ4v) is 0. The molecule has 0 amide bonds. The van der Waals surface area contributed by atoms with Crippen molar-refractivity contribution in [2.45, 2.75) is 0 Å². The molecule has 0 atom stereocenters. The molecule has 0 spiro atoms. The van der Waals surface area contributed by atoms with Crippen molar-refractivity contribution in [3.8, 4) is 0 Å². The molecule has 4 radical (unpaired) electrons. The van der Waals surface area contributed by atoms with E-state index in [-0.39, 0.29) is 67.2 Å². The second-order valence-corrected chi connectivity index (χ2v) is 0. The Labute approximate surface area is 66.6 Å². The molecule has 4 heteroatoms. The van der Waals surface area contributed by atoms with Crippen molar-refractivity contribution in [1.82, 2.24) is 0 Å². The van der Waals surface area contributed by atoms with E-state index in [4.69, 9.17) is 0 Å². The van der Waals surface area contributed by atoms with Crippen molar-refractivity contribution in [1.29, 1.82) is 0 Å². The normalized spacial score (nSPS) is 0. The van der Waals surface area contributed by atoms with Gasteiger partial charge in [0.05, 0.1) is 0 Å². The molecular formula is H4AgInOS. The van der Waals surface area contributed by atoms with E-state index in [0.29, 0.717) is 0 Å². The first kappa shape index (κ1) is 38.9. The molecule has 0 bridgehead atoms. The van der Waals surface area contributed by atoms with Crippen LogP contribution >= 0.6 is 13.5 Å². The summed E-state index contributed by atoms with van der Waals surface area (Å²) in [7, 11) is 0. The summed E-state index contributed by atoms with van der Waals surface area (Å²) in [5, 5.41) is 0. The molecule has 0 aromatic heterocycles. The maximum atomic E-state index is 0. The van der Waals surface area contributed by atoms with Crippen molar-refractivity contribution in [3.63, 3.8) is 0 Å². The molecule has 0 saturated carbocycles. The SMILES string of the molecule is O.S.[Ag].[In]. The van der Waals surface area contributed by atoms with E-state index in [0.717, 1.165) is 0 Å². The number of hydrogen-bond acceptors (Lipinski definition) is 0. The van der Waals surface area contributed by atoms with Gasteiger partial charge in [-0.1, -0.05) is 0 Å². The third-order valence-corrected chi connectivity index (χ3v) is 0. The van der Waals surface area contributed by atoms with Crippen LogP contribution in [0.15, 0.2) is 0 Å². The van der Waals surface area contributed by atoms with Gasteiger partial charge in [0.15, 0.2) is 0 Å². The van der Waals surface area contributed by atoms with Crippen molar-refractivity contribution in [3.05, 3.63) is 0 Å². The molecule has 4 heavy (non-hydrogen) atoms. The smallest absolute Gasteiger partial charge is 0 e. The van der Waals surface area contributed by atoms with Gasteiger partial charge in [0.2, 0.25) is 0 Å². The van der Waals surface area contributed by atoms with Gasteiger partial charge < -0.3 is 5.48 Å². The quantitative estimate of drug-likeness (QED) is 0.503. The predicted molar refractivity (Wildman–Crippen MR) is 19.7 cm³/mol. The predicted octanol–water partition coefficient (Wildman–Crippen LogP) is -1.10. The van der Waals surface area contributed by atoms with Crippen LogP contribution in [0.4, 0.5) is 0 Å². The first-order valence-electron chi connectivity index (χ1n) is 0. The van der Waals surface area contributed by atoms with E-state index in [9.17, 15) is 0 Å². The fraction of sp³-hybridized carbons (Fsp3) is 0. The summed E-state index contributed by atoms with van der Waals surface area (Å²) >= 11 is 0. The molecule has 0 rings (SSSR count). The van der Waals surface area contributed by atoms with E-state index < -0.39 is 0 Å². The van der Waals surface area contributed by atoms with Crippen LogP contribution in [0.2, 0.25) is 0 Å². The molecule has 0 unspecified atom stereocenters. The van der Waals surface area contributed by atoms with Crippen LogP contribution in [0.25, 0.3) is 0 Å². The summed E-state index contributed by atoms with van der Waals surface area (Å²) in [5.74, 6) is 0. The minimum Gasteiger partial charge on any atom is -0.412 e. The molecule has 30 valence electrons. The Morgan fingerprint density at radius 1 is 1.00 bits per heavy atom. The molecule has 0 aliphatic heterocycles. The minimum absolute atomic E-state index is 0. The summed E-state index contributed by atoms with van der Waals surface area (Å²) in [4.78, 5) is 0. The maximum absolute atomic E-state index is 0. The van der Waals surface area contributed by atoms with E-state index in [1.807, 2.05) is 0 Å². The van der Waals surface area contributed by atoms with Crippen LogP contribution in [0.3, 0.4) is 0 Å². The Bertz CT molecular complexity index is 8.00. The van der Waals surface area contributed by atoms with Gasteiger partial charge in [0.1, 0.15) is 0 Å². The van der Waals surface area contributed by atoms with Crippen LogP contribution in [-0.4, -0.2) is 31.3 Å². The molecule has 0 aliphatic carbocycles. The topological polar surface area (TPSA) is 31.5 Å². The second-order valence-electron chi connectivity index (χ2n) is 0. The summed E-state index contributed by atoms with van der Waals surface area (Å²) in [5.41, 5.74) is 0. The third-order valence-electron chi connectivity index (χ3n) is 0. The van der Waals surface area contributed by atoms with Gasteiger partial charge in [-0.3, -0.25) is 0 Å². The first-order chi connectivity index (χ1) is 0. The molecule has 0 aromatic rings. The van der Waals surface area contributed by atoms with Gasteiger partial charge in [-0.2, -0.15) is 13.5 Å². The van der Waals surface area contributed by atoms with Crippen LogP contribution in [0.1, 0.15) is 0 Å². The Kier molecular flexibility index (Phi) is 199. The minimum atomic E-state index is 0. The van der Waals surface area contributed by atoms with Crippen molar-refractivity contribution >= 4 is 39.3 Å². The van der Waals surface area contributed by atoms with Gasteiger partial charge in [-0.15, -0.1) is 0 Å². The van der Waals surface area contributed by atoms with Crippen LogP contribution in [-0.2, 0) is 22.4 Å². The molecule has 2 N–H and O–H groups in total. The number of rotatable bonds is 0. The molecule has 0 heterocycles. The van der Waals surface area contributed by atoms with Gasteiger partial charge in [-0.25, -0.2) is 0 Å². The third kappa shape index (κ3) is 9.07. The monoisotopic (exact) mass is 274 g/mol. The Morgan fingerprint density at radius 3 is 1.00 bits per heavy atom. The summed E-state index contributed by atoms with van der Waals surface area (Å²) in [6.07, 6.45) is 0. The van der Waals surface area contributed by atoms with Crippen LogP contribution in [0, 0.1) is 0 Å². The van der Waals surface area contributed by atoms with E-state index >= 15 is 0 Å². The second kappa shape index (κ2) is 20.5. The zero-order valence-corrected chi connectivity index (χ0v) is 7.66. The zero-order valence-electron chi connectivity index (χ0n) is 1.88. The van der Waals surface area contributed by atoms with E-state index in [2.05, 4.69) is 0 Å². The van der Waals surface area contributed by atoms with E-state index in [1.54, 1.807) is 0 Å². The van der Waals surface area contributed by atoms with Crippen molar-refractivity contribution in [2.24, 2.45) is 0 Å². The standard InChI is InChI=1S/Ag.In.H2O.H2S/h;;2*1H2. The molecule has 0 aliphatic rings. The molecule has 0 fully saturated rings. The molecule has 1 nitrogen and oxygen atoms in total. The number of hydrogen-bond donors (Lipinski definition) is 0. The average Bonchev–Trinajstić information content (AvgIpc) is 0. The zero-order chi connectivity index (χ0) is 0. The van der Waals surface area contributed by atoms with Crippen LogP contribution in [0.5, 0.6) is 0 Å². The summed E-state index contributed by atoms with van der Waals surface area (Å²) < 4.78 is 0.